The Kier molecular flexibility index (Phi) is 3.40. The summed E-state index contributed by atoms with van der Waals surface area (Å²) in [5.41, 5.74) is 0.0306. The van der Waals surface area contributed by atoms with Gasteiger partial charge in [0.25, 0.3) is 0 Å². The Balaban J connectivity index is 1.90. The van der Waals surface area contributed by atoms with Gasteiger partial charge in [-0.3, -0.25) is 14.6 Å². The van der Waals surface area contributed by atoms with E-state index in [9.17, 15) is 9.59 Å². The molecule has 2 atom stereocenters. The summed E-state index contributed by atoms with van der Waals surface area (Å²) in [6, 6.07) is 1.29. The molecule has 1 saturated heterocycles. The van der Waals surface area contributed by atoms with Crippen LogP contribution in [0.15, 0.2) is 18.5 Å². The smallest absolute Gasteiger partial charge is 0.249 e. The minimum atomic E-state index is -0.775. The van der Waals surface area contributed by atoms with Crippen LogP contribution in [-0.4, -0.2) is 33.3 Å². The van der Waals surface area contributed by atoms with Crippen molar-refractivity contribution < 1.29 is 9.59 Å². The quantitative estimate of drug-likeness (QED) is 0.925. The van der Waals surface area contributed by atoms with E-state index in [0.29, 0.717) is 11.6 Å². The highest BCUT2D eigenvalue weighted by Crippen LogP contribution is 2.42. The lowest BCUT2D eigenvalue weighted by molar-refractivity contribution is -0.155. The van der Waals surface area contributed by atoms with Gasteiger partial charge in [-0.2, -0.15) is 0 Å². The maximum atomic E-state index is 12.9. The van der Waals surface area contributed by atoms with E-state index in [2.05, 4.69) is 10.3 Å². The molecule has 2 heterocycles. The van der Waals surface area contributed by atoms with Crippen LogP contribution in [0.2, 0.25) is 5.02 Å². The lowest BCUT2D eigenvalue weighted by atomic mass is 9.89. The van der Waals surface area contributed by atoms with E-state index >= 15 is 0 Å². The third-order valence-electron chi connectivity index (χ3n) is 4.53. The van der Waals surface area contributed by atoms with Crippen molar-refractivity contribution in [2.75, 3.05) is 0 Å². The fourth-order valence-electron chi connectivity index (χ4n) is 2.89. The minimum Gasteiger partial charge on any atom is -0.340 e. The highest BCUT2D eigenvalue weighted by Gasteiger charge is 2.54. The first kappa shape index (κ1) is 14.3. The van der Waals surface area contributed by atoms with Crippen LogP contribution < -0.4 is 5.32 Å². The zero-order chi connectivity index (χ0) is 15.2. The second-order valence-electron chi connectivity index (χ2n) is 6.04. The van der Waals surface area contributed by atoms with Crippen molar-refractivity contribution in [3.8, 4) is 0 Å². The summed E-state index contributed by atoms with van der Waals surface area (Å²) in [6.07, 6.45) is 5.16. The Morgan fingerprint density at radius 3 is 2.81 bits per heavy atom. The molecule has 0 spiro atoms. The van der Waals surface area contributed by atoms with Crippen molar-refractivity contribution in [1.82, 2.24) is 15.2 Å². The molecule has 0 bridgehead atoms. The summed E-state index contributed by atoms with van der Waals surface area (Å²) in [5, 5.41) is 3.42. The summed E-state index contributed by atoms with van der Waals surface area (Å²) in [6.45, 7) is 3.91. The maximum absolute atomic E-state index is 12.9. The molecule has 2 fully saturated rings. The first-order valence-electron chi connectivity index (χ1n) is 7.15. The fraction of sp³-hybridized carbons (Fsp3) is 0.533. The SMILES string of the molecule is CC1C(=O)NC(C)(C2CC2)C(=O)N1Cc1ccncc1Cl. The van der Waals surface area contributed by atoms with E-state index in [4.69, 9.17) is 11.6 Å². The number of nitrogens with one attached hydrogen (secondary N) is 1. The standard InChI is InChI=1S/C15H18ClN3O2/c1-9-13(20)18-15(2,11-3-4-11)14(21)19(9)8-10-5-6-17-7-12(10)16/h5-7,9,11H,3-4,8H2,1-2H3,(H,18,20). The first-order valence-corrected chi connectivity index (χ1v) is 7.53. The number of aromatic nitrogens is 1. The number of hydrogen-bond acceptors (Lipinski definition) is 3. The highest BCUT2D eigenvalue weighted by atomic mass is 35.5. The summed E-state index contributed by atoms with van der Waals surface area (Å²) in [7, 11) is 0. The molecular formula is C15H18ClN3O2. The van der Waals surface area contributed by atoms with Gasteiger partial charge in [-0.25, -0.2) is 0 Å². The van der Waals surface area contributed by atoms with Crippen molar-refractivity contribution in [1.29, 1.82) is 0 Å². The van der Waals surface area contributed by atoms with Crippen molar-refractivity contribution in [3.05, 3.63) is 29.0 Å². The van der Waals surface area contributed by atoms with Crippen LogP contribution >= 0.6 is 11.6 Å². The molecule has 1 aromatic heterocycles. The van der Waals surface area contributed by atoms with Gasteiger partial charge in [0.05, 0.1) is 5.02 Å². The molecule has 1 saturated carbocycles. The van der Waals surface area contributed by atoms with Gasteiger partial charge in [0.1, 0.15) is 11.6 Å². The van der Waals surface area contributed by atoms with Gasteiger partial charge in [-0.15, -0.1) is 0 Å². The van der Waals surface area contributed by atoms with Gasteiger partial charge < -0.3 is 10.2 Å². The van der Waals surface area contributed by atoms with Gasteiger partial charge in [0, 0.05) is 18.9 Å². The Hall–Kier alpha value is -1.62. The maximum Gasteiger partial charge on any atom is 0.249 e. The average Bonchev–Trinajstić information content (AvgIpc) is 3.28. The van der Waals surface area contributed by atoms with Gasteiger partial charge in [-0.1, -0.05) is 11.6 Å². The second kappa shape index (κ2) is 4.98. The molecule has 112 valence electrons. The number of pyridine rings is 1. The monoisotopic (exact) mass is 307 g/mol. The third-order valence-corrected chi connectivity index (χ3v) is 4.87. The molecule has 1 aromatic rings. The zero-order valence-corrected chi connectivity index (χ0v) is 12.9. The van der Waals surface area contributed by atoms with Crippen LogP contribution in [0.1, 0.15) is 32.3 Å². The lowest BCUT2D eigenvalue weighted by Crippen LogP contribution is -2.69. The number of nitrogens with zero attached hydrogens (tertiary/aromatic N) is 2. The number of carbonyl (C=O) groups is 2. The molecule has 0 radical (unpaired) electrons. The third kappa shape index (κ3) is 2.39. The molecule has 21 heavy (non-hydrogen) atoms. The van der Waals surface area contributed by atoms with Crippen LogP contribution in [0.5, 0.6) is 0 Å². The molecular weight excluding hydrogens is 290 g/mol. The normalized spacial score (nSPS) is 29.5. The molecule has 1 aliphatic carbocycles. The largest absolute Gasteiger partial charge is 0.340 e. The molecule has 1 aliphatic heterocycles. The number of rotatable bonds is 3. The summed E-state index contributed by atoms with van der Waals surface area (Å²) < 4.78 is 0. The van der Waals surface area contributed by atoms with Crippen molar-refractivity contribution in [2.45, 2.75) is 44.8 Å². The average molecular weight is 308 g/mol. The lowest BCUT2D eigenvalue weighted by Gasteiger charge is -2.43. The summed E-state index contributed by atoms with van der Waals surface area (Å²) in [5.74, 6) is 0.121. The Morgan fingerprint density at radius 1 is 1.48 bits per heavy atom. The van der Waals surface area contributed by atoms with Crippen LogP contribution in [0.3, 0.4) is 0 Å². The predicted octanol–water partition coefficient (Wildman–Crippen LogP) is 1.75. The Bertz CT molecular complexity index is 602. The van der Waals surface area contributed by atoms with E-state index in [0.717, 1.165) is 18.4 Å². The molecule has 0 aromatic carbocycles. The van der Waals surface area contributed by atoms with Crippen molar-refractivity contribution in [3.63, 3.8) is 0 Å². The van der Waals surface area contributed by atoms with Crippen LogP contribution in [0.25, 0.3) is 0 Å². The van der Waals surface area contributed by atoms with Crippen LogP contribution in [0, 0.1) is 5.92 Å². The summed E-state index contributed by atoms with van der Waals surface area (Å²) in [4.78, 5) is 30.6. The topological polar surface area (TPSA) is 62.3 Å². The number of piperazine rings is 1. The summed E-state index contributed by atoms with van der Waals surface area (Å²) >= 11 is 6.12. The van der Waals surface area contributed by atoms with E-state index in [1.165, 1.54) is 0 Å². The van der Waals surface area contributed by atoms with E-state index in [1.807, 2.05) is 6.92 Å². The molecule has 2 aliphatic rings. The van der Waals surface area contributed by atoms with Gasteiger partial charge >= 0.3 is 0 Å². The zero-order valence-electron chi connectivity index (χ0n) is 12.1. The fourth-order valence-corrected chi connectivity index (χ4v) is 3.07. The Morgan fingerprint density at radius 2 is 2.19 bits per heavy atom. The van der Waals surface area contributed by atoms with Gasteiger partial charge in [0.2, 0.25) is 11.8 Å². The van der Waals surface area contributed by atoms with E-state index in [1.54, 1.807) is 30.3 Å². The molecule has 3 rings (SSSR count). The van der Waals surface area contributed by atoms with Crippen LogP contribution in [0.4, 0.5) is 0 Å². The van der Waals surface area contributed by atoms with Crippen molar-refractivity contribution >= 4 is 23.4 Å². The second-order valence-corrected chi connectivity index (χ2v) is 6.45. The van der Waals surface area contributed by atoms with E-state index < -0.39 is 11.6 Å². The number of carbonyl (C=O) groups excluding carboxylic acids is 2. The van der Waals surface area contributed by atoms with E-state index in [-0.39, 0.29) is 17.7 Å². The number of amides is 2. The molecule has 5 nitrogen and oxygen atoms in total. The molecule has 2 amide bonds. The Labute approximate surface area is 128 Å². The van der Waals surface area contributed by atoms with Gasteiger partial charge in [-0.05, 0) is 44.2 Å². The number of halogens is 1. The van der Waals surface area contributed by atoms with Crippen molar-refractivity contribution in [2.24, 2.45) is 5.92 Å². The van der Waals surface area contributed by atoms with Gasteiger partial charge in [0.15, 0.2) is 0 Å². The predicted molar refractivity (Wildman–Crippen MR) is 78.5 cm³/mol. The number of hydrogen-bond donors (Lipinski definition) is 1. The molecule has 1 N–H and O–H groups in total. The highest BCUT2D eigenvalue weighted by molar-refractivity contribution is 6.31. The molecule has 2 unspecified atom stereocenters. The first-order chi connectivity index (χ1) is 9.93. The molecule has 6 heteroatoms. The minimum absolute atomic E-state index is 0.0232. The van der Waals surface area contributed by atoms with Crippen LogP contribution in [-0.2, 0) is 16.1 Å².